The number of alkyl carbamates (subject to hydrolysis) is 1. The molecule has 2 amide bonds. The van der Waals surface area contributed by atoms with Gasteiger partial charge in [0.05, 0.1) is 12.0 Å². The van der Waals surface area contributed by atoms with E-state index in [0.29, 0.717) is 12.8 Å². The van der Waals surface area contributed by atoms with Crippen LogP contribution in [0.5, 0.6) is 0 Å². The first-order valence-corrected chi connectivity index (χ1v) is 11.5. The highest BCUT2D eigenvalue weighted by molar-refractivity contribution is 5.80. The minimum Gasteiger partial charge on any atom is -0.481 e. The van der Waals surface area contributed by atoms with Crippen LogP contribution in [0.1, 0.15) is 62.5 Å². The Kier molecular flexibility index (Phi) is 6.67. The van der Waals surface area contributed by atoms with Crippen molar-refractivity contribution in [1.82, 2.24) is 10.6 Å². The van der Waals surface area contributed by atoms with Gasteiger partial charge in [0.1, 0.15) is 6.61 Å². The standard InChI is InChI=1S/C26H30N2O5/c1-17(14-23(29)28-26(15-24(30)31)12-6-7-13-26)27-25(32)33-16-22-20-10-4-2-8-18(20)19-9-3-5-11-21(19)22/h2-5,8-11,17,22H,6-7,12-16H2,1H3,(H,27,32)(H,28,29)(H,30,31)/t17-/m0/s1. The van der Waals surface area contributed by atoms with Crippen LogP contribution in [-0.4, -0.2) is 41.3 Å². The fourth-order valence-corrected chi connectivity index (χ4v) is 5.20. The second-order valence-corrected chi connectivity index (χ2v) is 9.18. The summed E-state index contributed by atoms with van der Waals surface area (Å²) in [5.74, 6) is -1.20. The van der Waals surface area contributed by atoms with E-state index in [1.807, 2.05) is 24.3 Å². The van der Waals surface area contributed by atoms with Gasteiger partial charge in [-0.05, 0) is 42.0 Å². The molecule has 1 saturated carbocycles. The lowest BCUT2D eigenvalue weighted by molar-refractivity contribution is -0.139. The number of amides is 2. The van der Waals surface area contributed by atoms with E-state index < -0.39 is 23.6 Å². The molecular weight excluding hydrogens is 420 g/mol. The Bertz CT molecular complexity index is 999. The second-order valence-electron chi connectivity index (χ2n) is 9.18. The van der Waals surface area contributed by atoms with Gasteiger partial charge >= 0.3 is 12.1 Å². The average molecular weight is 451 g/mol. The molecule has 0 unspecified atom stereocenters. The Hall–Kier alpha value is -3.35. The van der Waals surface area contributed by atoms with Crippen molar-refractivity contribution < 1.29 is 24.2 Å². The molecule has 0 spiro atoms. The van der Waals surface area contributed by atoms with E-state index in [2.05, 4.69) is 34.9 Å². The summed E-state index contributed by atoms with van der Waals surface area (Å²) >= 11 is 0. The number of ether oxygens (including phenoxy) is 1. The van der Waals surface area contributed by atoms with E-state index in [1.54, 1.807) is 6.92 Å². The fourth-order valence-electron chi connectivity index (χ4n) is 5.20. The number of carbonyl (C=O) groups is 3. The number of hydrogen-bond donors (Lipinski definition) is 3. The molecule has 0 heterocycles. The van der Waals surface area contributed by atoms with E-state index in [9.17, 15) is 19.5 Å². The van der Waals surface area contributed by atoms with Crippen LogP contribution in [0, 0.1) is 0 Å². The van der Waals surface area contributed by atoms with Crippen molar-refractivity contribution in [2.45, 2.75) is 62.9 Å². The van der Waals surface area contributed by atoms with Crippen LogP contribution in [-0.2, 0) is 14.3 Å². The third-order valence-corrected chi connectivity index (χ3v) is 6.65. The van der Waals surface area contributed by atoms with Crippen LogP contribution in [0.4, 0.5) is 4.79 Å². The number of carbonyl (C=O) groups excluding carboxylic acids is 2. The Morgan fingerprint density at radius 2 is 1.61 bits per heavy atom. The molecule has 3 N–H and O–H groups in total. The van der Waals surface area contributed by atoms with Crippen molar-refractivity contribution >= 4 is 18.0 Å². The third kappa shape index (κ3) is 5.18. The number of nitrogens with one attached hydrogen (secondary N) is 2. The summed E-state index contributed by atoms with van der Waals surface area (Å²) in [5.41, 5.74) is 3.92. The molecule has 2 aliphatic carbocycles. The molecule has 174 valence electrons. The highest BCUT2D eigenvalue weighted by atomic mass is 16.5. The van der Waals surface area contributed by atoms with Crippen molar-refractivity contribution in [1.29, 1.82) is 0 Å². The predicted octanol–water partition coefficient (Wildman–Crippen LogP) is 4.21. The summed E-state index contributed by atoms with van der Waals surface area (Å²) in [6, 6.07) is 15.8. The first-order valence-electron chi connectivity index (χ1n) is 11.5. The maximum Gasteiger partial charge on any atom is 0.407 e. The topological polar surface area (TPSA) is 105 Å². The maximum atomic E-state index is 12.5. The van der Waals surface area contributed by atoms with Crippen molar-refractivity contribution in [3.8, 4) is 11.1 Å². The molecule has 2 aromatic rings. The van der Waals surface area contributed by atoms with Crippen molar-refractivity contribution in [3.63, 3.8) is 0 Å². The van der Waals surface area contributed by atoms with Crippen LogP contribution in [0.2, 0.25) is 0 Å². The van der Waals surface area contributed by atoms with E-state index in [-0.39, 0.29) is 31.3 Å². The van der Waals surface area contributed by atoms with E-state index >= 15 is 0 Å². The lowest BCUT2D eigenvalue weighted by atomic mass is 9.93. The number of aliphatic carboxylic acids is 1. The highest BCUT2D eigenvalue weighted by Gasteiger charge is 2.37. The molecule has 7 nitrogen and oxygen atoms in total. The summed E-state index contributed by atoms with van der Waals surface area (Å²) in [6.45, 7) is 1.94. The molecular formula is C26H30N2O5. The van der Waals surface area contributed by atoms with Gasteiger partial charge in [-0.25, -0.2) is 4.79 Å². The quantitative estimate of drug-likeness (QED) is 0.559. The fraction of sp³-hybridized carbons (Fsp3) is 0.423. The maximum absolute atomic E-state index is 12.5. The van der Waals surface area contributed by atoms with Gasteiger partial charge in [-0.1, -0.05) is 61.4 Å². The van der Waals surface area contributed by atoms with Gasteiger partial charge in [0.25, 0.3) is 0 Å². The number of carboxylic acid groups (broad SMARTS) is 1. The minimum absolute atomic E-state index is 0.0278. The highest BCUT2D eigenvalue weighted by Crippen LogP contribution is 2.44. The Balaban J connectivity index is 1.30. The van der Waals surface area contributed by atoms with Gasteiger partial charge in [-0.15, -0.1) is 0 Å². The first kappa shape index (κ1) is 22.8. The second kappa shape index (κ2) is 9.65. The molecule has 1 fully saturated rings. The summed E-state index contributed by atoms with van der Waals surface area (Å²) in [5, 5.41) is 14.8. The van der Waals surface area contributed by atoms with Gasteiger partial charge in [0.15, 0.2) is 0 Å². The number of hydrogen-bond acceptors (Lipinski definition) is 4. The van der Waals surface area contributed by atoms with Gasteiger partial charge in [0.2, 0.25) is 5.91 Å². The molecule has 0 bridgehead atoms. The summed E-state index contributed by atoms with van der Waals surface area (Å²) < 4.78 is 5.54. The molecule has 0 aromatic heterocycles. The van der Waals surface area contributed by atoms with Gasteiger partial charge < -0.3 is 20.5 Å². The predicted molar refractivity (Wildman–Crippen MR) is 124 cm³/mol. The van der Waals surface area contributed by atoms with Crippen LogP contribution in [0.25, 0.3) is 11.1 Å². The molecule has 0 radical (unpaired) electrons. The zero-order chi connectivity index (χ0) is 23.4. The molecule has 4 rings (SSSR count). The molecule has 0 aliphatic heterocycles. The van der Waals surface area contributed by atoms with Crippen LogP contribution in [0.15, 0.2) is 48.5 Å². The Morgan fingerprint density at radius 3 is 2.18 bits per heavy atom. The molecule has 2 aliphatic rings. The van der Waals surface area contributed by atoms with Crippen LogP contribution in [0.3, 0.4) is 0 Å². The molecule has 2 aromatic carbocycles. The van der Waals surface area contributed by atoms with Crippen molar-refractivity contribution in [3.05, 3.63) is 59.7 Å². The molecule has 1 atom stereocenters. The van der Waals surface area contributed by atoms with Gasteiger partial charge in [0, 0.05) is 18.4 Å². The van der Waals surface area contributed by atoms with Crippen molar-refractivity contribution in [2.24, 2.45) is 0 Å². The van der Waals surface area contributed by atoms with Gasteiger partial charge in [-0.2, -0.15) is 0 Å². The zero-order valence-corrected chi connectivity index (χ0v) is 18.8. The van der Waals surface area contributed by atoms with Crippen molar-refractivity contribution in [2.75, 3.05) is 6.61 Å². The summed E-state index contributed by atoms with van der Waals surface area (Å²) in [7, 11) is 0. The number of benzene rings is 2. The number of carboxylic acids is 1. The largest absolute Gasteiger partial charge is 0.481 e. The SMILES string of the molecule is C[C@@H](CC(=O)NC1(CC(=O)O)CCCC1)NC(=O)OCC1c2ccccc2-c2ccccc21. The monoisotopic (exact) mass is 450 g/mol. The summed E-state index contributed by atoms with van der Waals surface area (Å²) in [6.07, 6.45) is 2.55. The van der Waals surface area contributed by atoms with Crippen LogP contribution < -0.4 is 10.6 Å². The first-order chi connectivity index (χ1) is 15.9. The van der Waals surface area contributed by atoms with E-state index in [4.69, 9.17) is 4.74 Å². The van der Waals surface area contributed by atoms with E-state index in [0.717, 1.165) is 35.1 Å². The summed E-state index contributed by atoms with van der Waals surface area (Å²) in [4.78, 5) is 36.2. The number of fused-ring (bicyclic) bond motifs is 3. The minimum atomic E-state index is -0.915. The van der Waals surface area contributed by atoms with E-state index in [1.165, 1.54) is 0 Å². The molecule has 7 heteroatoms. The zero-order valence-electron chi connectivity index (χ0n) is 18.8. The Morgan fingerprint density at radius 1 is 1.03 bits per heavy atom. The van der Waals surface area contributed by atoms with Gasteiger partial charge in [-0.3, -0.25) is 9.59 Å². The lowest BCUT2D eigenvalue weighted by Crippen LogP contribution is -2.49. The third-order valence-electron chi connectivity index (χ3n) is 6.65. The Labute approximate surface area is 193 Å². The smallest absolute Gasteiger partial charge is 0.407 e. The normalized spacial score (nSPS) is 17.0. The molecule has 33 heavy (non-hydrogen) atoms. The average Bonchev–Trinajstić information content (AvgIpc) is 3.34. The van der Waals surface area contributed by atoms with Crippen LogP contribution >= 0.6 is 0 Å². The molecule has 0 saturated heterocycles. The lowest BCUT2D eigenvalue weighted by Gasteiger charge is -2.29. The number of rotatable bonds is 8.